The smallest absolute Gasteiger partial charge is 0.371 e. The summed E-state index contributed by atoms with van der Waals surface area (Å²) in [6.45, 7) is 0. The van der Waals surface area contributed by atoms with Crippen molar-refractivity contribution in [1.29, 1.82) is 0 Å². The zero-order valence-corrected chi connectivity index (χ0v) is 10.8. The molecule has 4 unspecified atom stereocenters. The van der Waals surface area contributed by atoms with Gasteiger partial charge in [0, 0.05) is 5.75 Å². The van der Waals surface area contributed by atoms with Crippen LogP contribution < -0.4 is 0 Å². The summed E-state index contributed by atoms with van der Waals surface area (Å²) in [6.07, 6.45) is 5.08. The molecule has 0 spiro atoms. The lowest BCUT2D eigenvalue weighted by atomic mass is 9.90. The summed E-state index contributed by atoms with van der Waals surface area (Å²) in [4.78, 5) is 10.7. The van der Waals surface area contributed by atoms with Crippen molar-refractivity contribution in [3.63, 3.8) is 0 Å². The van der Waals surface area contributed by atoms with Gasteiger partial charge in [-0.2, -0.15) is 0 Å². The molecule has 2 bridgehead atoms. The van der Waals surface area contributed by atoms with E-state index in [-0.39, 0.29) is 5.76 Å². The fourth-order valence-electron chi connectivity index (χ4n) is 3.41. The number of hydrogen-bond acceptors (Lipinski definition) is 3. The second-order valence-corrected chi connectivity index (χ2v) is 6.80. The van der Waals surface area contributed by atoms with E-state index in [9.17, 15) is 9.00 Å². The number of rotatable bonds is 4. The molecule has 2 aliphatic carbocycles. The molecule has 0 aliphatic heterocycles. The standard InChI is InChI=1S/C13H16O4S/c14-13(15)11-3-4-12(17-11)18(16)7-10-6-8-1-2-9(10)5-8/h3-4,8-10H,1-2,5-7H2,(H,14,15). The zero-order chi connectivity index (χ0) is 12.7. The van der Waals surface area contributed by atoms with E-state index in [1.807, 2.05) is 0 Å². The Bertz CT molecular complexity index is 493. The lowest BCUT2D eigenvalue weighted by Crippen LogP contribution is -2.17. The van der Waals surface area contributed by atoms with Gasteiger partial charge >= 0.3 is 5.97 Å². The first-order chi connectivity index (χ1) is 8.63. The highest BCUT2D eigenvalue weighted by molar-refractivity contribution is 7.84. The normalized spacial score (nSPS) is 31.7. The van der Waals surface area contributed by atoms with Gasteiger partial charge in [0.15, 0.2) is 5.09 Å². The van der Waals surface area contributed by atoms with Crippen LogP contribution in [0.2, 0.25) is 0 Å². The van der Waals surface area contributed by atoms with Gasteiger partial charge in [-0.3, -0.25) is 4.21 Å². The number of fused-ring (bicyclic) bond motifs is 2. The van der Waals surface area contributed by atoms with Gasteiger partial charge in [-0.25, -0.2) is 4.79 Å². The van der Waals surface area contributed by atoms with E-state index in [4.69, 9.17) is 9.52 Å². The third-order valence-corrected chi connectivity index (χ3v) is 5.67. The third-order valence-electron chi connectivity index (χ3n) is 4.27. The van der Waals surface area contributed by atoms with Crippen molar-refractivity contribution in [2.45, 2.75) is 30.8 Å². The second kappa shape index (κ2) is 4.53. The van der Waals surface area contributed by atoms with Crippen LogP contribution in [0.4, 0.5) is 0 Å². The largest absolute Gasteiger partial charge is 0.475 e. The SMILES string of the molecule is O=C(O)c1ccc(S(=O)CC2CC3CCC2C3)o1. The van der Waals surface area contributed by atoms with Crippen LogP contribution in [0.15, 0.2) is 21.6 Å². The van der Waals surface area contributed by atoms with Crippen molar-refractivity contribution in [2.75, 3.05) is 5.75 Å². The zero-order valence-electron chi connectivity index (χ0n) is 10.0. The summed E-state index contributed by atoms with van der Waals surface area (Å²) in [6, 6.07) is 2.89. The van der Waals surface area contributed by atoms with Gasteiger partial charge in [-0.05, 0) is 49.1 Å². The number of carboxylic acid groups (broad SMARTS) is 1. The molecule has 3 rings (SSSR count). The average Bonchev–Trinajstić information content (AvgIpc) is 3.04. The van der Waals surface area contributed by atoms with E-state index >= 15 is 0 Å². The molecule has 0 saturated heterocycles. The van der Waals surface area contributed by atoms with Crippen molar-refractivity contribution in [3.8, 4) is 0 Å². The Morgan fingerprint density at radius 1 is 1.39 bits per heavy atom. The van der Waals surface area contributed by atoms with Crippen LogP contribution in [0, 0.1) is 17.8 Å². The molecule has 2 aliphatic rings. The molecule has 4 nitrogen and oxygen atoms in total. The molecular weight excluding hydrogens is 252 g/mol. The summed E-state index contributed by atoms with van der Waals surface area (Å²) < 4.78 is 17.2. The number of carboxylic acids is 1. The Kier molecular flexibility index (Phi) is 3.01. The van der Waals surface area contributed by atoms with Crippen molar-refractivity contribution in [1.82, 2.24) is 0 Å². The van der Waals surface area contributed by atoms with Crippen molar-refractivity contribution < 1.29 is 18.5 Å². The minimum absolute atomic E-state index is 0.133. The highest BCUT2D eigenvalue weighted by atomic mass is 32.2. The Hall–Kier alpha value is -1.10. The number of hydrogen-bond donors (Lipinski definition) is 1. The molecule has 1 heterocycles. The van der Waals surface area contributed by atoms with Crippen molar-refractivity contribution in [2.24, 2.45) is 17.8 Å². The fraction of sp³-hybridized carbons (Fsp3) is 0.615. The van der Waals surface area contributed by atoms with Crippen LogP contribution in [0.1, 0.15) is 36.2 Å². The van der Waals surface area contributed by atoms with Crippen LogP contribution in [0.3, 0.4) is 0 Å². The number of aromatic carboxylic acids is 1. The van der Waals surface area contributed by atoms with Gasteiger partial charge in [0.2, 0.25) is 5.76 Å². The molecule has 1 aromatic rings. The lowest BCUT2D eigenvalue weighted by Gasteiger charge is -2.20. The van der Waals surface area contributed by atoms with Crippen molar-refractivity contribution in [3.05, 3.63) is 17.9 Å². The molecule has 0 amide bonds. The van der Waals surface area contributed by atoms with Gasteiger partial charge in [0.05, 0.1) is 10.8 Å². The van der Waals surface area contributed by atoms with Gasteiger partial charge in [-0.15, -0.1) is 0 Å². The predicted molar refractivity (Wildman–Crippen MR) is 65.9 cm³/mol. The highest BCUT2D eigenvalue weighted by Crippen LogP contribution is 2.48. The van der Waals surface area contributed by atoms with E-state index < -0.39 is 16.8 Å². The molecule has 98 valence electrons. The lowest BCUT2D eigenvalue weighted by molar-refractivity contribution is 0.0656. The Balaban J connectivity index is 1.65. The van der Waals surface area contributed by atoms with E-state index in [1.54, 1.807) is 0 Å². The molecule has 2 saturated carbocycles. The summed E-state index contributed by atoms with van der Waals surface area (Å²) in [5.74, 6) is 1.47. The van der Waals surface area contributed by atoms with E-state index in [0.717, 1.165) is 11.8 Å². The first-order valence-corrected chi connectivity index (χ1v) is 7.67. The summed E-state index contributed by atoms with van der Waals surface area (Å²) in [5.41, 5.74) is 0. The molecular formula is C13H16O4S. The van der Waals surface area contributed by atoms with Gasteiger partial charge < -0.3 is 9.52 Å². The Morgan fingerprint density at radius 3 is 2.78 bits per heavy atom. The molecule has 1 aromatic heterocycles. The first kappa shape index (κ1) is 12.0. The van der Waals surface area contributed by atoms with Crippen LogP contribution in [-0.2, 0) is 10.8 Å². The van der Waals surface area contributed by atoms with E-state index in [2.05, 4.69) is 0 Å². The summed E-state index contributed by atoms with van der Waals surface area (Å²) >= 11 is 0. The molecule has 1 N–H and O–H groups in total. The molecule has 4 atom stereocenters. The van der Waals surface area contributed by atoms with Gasteiger partial charge in [0.1, 0.15) is 0 Å². The maximum Gasteiger partial charge on any atom is 0.371 e. The monoisotopic (exact) mass is 268 g/mol. The molecule has 18 heavy (non-hydrogen) atoms. The van der Waals surface area contributed by atoms with Gasteiger partial charge in [0.25, 0.3) is 0 Å². The van der Waals surface area contributed by atoms with Crippen LogP contribution in [0.25, 0.3) is 0 Å². The number of carbonyl (C=O) groups is 1. The summed E-state index contributed by atoms with van der Waals surface area (Å²) in [7, 11) is -1.20. The Morgan fingerprint density at radius 2 is 2.22 bits per heavy atom. The van der Waals surface area contributed by atoms with Crippen LogP contribution >= 0.6 is 0 Å². The van der Waals surface area contributed by atoms with E-state index in [1.165, 1.54) is 37.8 Å². The second-order valence-electron chi connectivity index (χ2n) is 5.37. The topological polar surface area (TPSA) is 67.5 Å². The van der Waals surface area contributed by atoms with Crippen LogP contribution in [-0.4, -0.2) is 21.0 Å². The van der Waals surface area contributed by atoms with Crippen LogP contribution in [0.5, 0.6) is 0 Å². The van der Waals surface area contributed by atoms with Gasteiger partial charge in [-0.1, -0.05) is 6.42 Å². The minimum atomic E-state index is -1.20. The average molecular weight is 268 g/mol. The first-order valence-electron chi connectivity index (χ1n) is 6.35. The predicted octanol–water partition coefficient (Wildman–Crippen LogP) is 2.52. The molecule has 0 aromatic carbocycles. The van der Waals surface area contributed by atoms with Crippen molar-refractivity contribution >= 4 is 16.8 Å². The third kappa shape index (κ3) is 2.11. The quantitative estimate of drug-likeness (QED) is 0.911. The Labute approximate surface area is 108 Å². The number of furan rings is 1. The van der Waals surface area contributed by atoms with E-state index in [0.29, 0.717) is 16.8 Å². The fourth-order valence-corrected chi connectivity index (χ4v) is 4.78. The minimum Gasteiger partial charge on any atom is -0.475 e. The highest BCUT2D eigenvalue weighted by Gasteiger charge is 2.40. The molecule has 5 heteroatoms. The summed E-state index contributed by atoms with van der Waals surface area (Å²) in [5, 5.41) is 9.06. The maximum atomic E-state index is 12.1. The molecule has 0 radical (unpaired) electrons. The maximum absolute atomic E-state index is 12.1. The molecule has 2 fully saturated rings.